The van der Waals surface area contributed by atoms with Crippen LogP contribution in [0, 0.1) is 0 Å². The number of carbonyl (C=O) groups is 1. The van der Waals surface area contributed by atoms with Gasteiger partial charge >= 0.3 is 0 Å². The quantitative estimate of drug-likeness (QED) is 0.541. The highest BCUT2D eigenvalue weighted by Gasteiger charge is 2.12. The van der Waals surface area contributed by atoms with Gasteiger partial charge in [-0.2, -0.15) is 0 Å². The van der Waals surface area contributed by atoms with Crippen LogP contribution in [0.2, 0.25) is 0 Å². The van der Waals surface area contributed by atoms with Gasteiger partial charge in [-0.3, -0.25) is 4.79 Å². The molecule has 0 aliphatic carbocycles. The van der Waals surface area contributed by atoms with Crippen LogP contribution in [0.5, 0.6) is 17.2 Å². The first-order valence-electron chi connectivity index (χ1n) is 9.55. The molecule has 154 valence electrons. The molecule has 0 heterocycles. The second kappa shape index (κ2) is 10.2. The van der Waals surface area contributed by atoms with Crippen LogP contribution < -0.4 is 19.5 Å². The molecule has 0 fully saturated rings. The van der Waals surface area contributed by atoms with E-state index in [9.17, 15) is 4.79 Å². The summed E-state index contributed by atoms with van der Waals surface area (Å²) < 4.78 is 16.0. The molecule has 0 saturated carbocycles. The van der Waals surface area contributed by atoms with Crippen LogP contribution in [-0.2, 0) is 11.2 Å². The summed E-state index contributed by atoms with van der Waals surface area (Å²) in [6.07, 6.45) is 3.94. The molecule has 0 aliphatic rings. The molecule has 3 aromatic carbocycles. The summed E-state index contributed by atoms with van der Waals surface area (Å²) in [6.45, 7) is 0. The number of hydrogen-bond acceptors (Lipinski definition) is 4. The number of amides is 1. The molecule has 0 radical (unpaired) electrons. The predicted molar refractivity (Wildman–Crippen MR) is 119 cm³/mol. The molecule has 5 heteroatoms. The molecule has 3 rings (SSSR count). The van der Waals surface area contributed by atoms with Gasteiger partial charge in [-0.05, 0) is 47.4 Å². The third-order valence-corrected chi connectivity index (χ3v) is 4.63. The normalized spacial score (nSPS) is 10.6. The Balaban J connectivity index is 1.76. The number of carbonyl (C=O) groups excluding carboxylic acids is 1. The molecule has 0 atom stereocenters. The third-order valence-electron chi connectivity index (χ3n) is 4.63. The summed E-state index contributed by atoms with van der Waals surface area (Å²) in [4.78, 5) is 12.5. The van der Waals surface area contributed by atoms with E-state index in [1.807, 2.05) is 42.5 Å². The molecule has 3 aromatic rings. The Morgan fingerprint density at radius 3 is 2.13 bits per heavy atom. The highest BCUT2D eigenvalue weighted by Crippen LogP contribution is 2.38. The minimum Gasteiger partial charge on any atom is -0.493 e. The lowest BCUT2D eigenvalue weighted by Gasteiger charge is -2.13. The summed E-state index contributed by atoms with van der Waals surface area (Å²) in [6, 6.07) is 21.5. The molecule has 1 N–H and O–H groups in total. The van der Waals surface area contributed by atoms with Gasteiger partial charge in [-0.25, -0.2) is 0 Å². The maximum atomic E-state index is 12.5. The largest absolute Gasteiger partial charge is 0.493 e. The van der Waals surface area contributed by atoms with E-state index in [1.165, 1.54) is 11.6 Å². The van der Waals surface area contributed by atoms with Gasteiger partial charge in [0.2, 0.25) is 11.7 Å². The van der Waals surface area contributed by atoms with Crippen molar-refractivity contribution < 1.29 is 19.0 Å². The Morgan fingerprint density at radius 2 is 1.50 bits per heavy atom. The van der Waals surface area contributed by atoms with E-state index in [4.69, 9.17) is 14.2 Å². The number of para-hydroxylation sites is 1. The standard InChI is InChI=1S/C25H25NO4/c1-28-22-16-19(17-23(29-2)25(22)30-3)13-14-24(27)26-21-12-8-7-11-20(21)15-18-9-5-4-6-10-18/h4-14,16-17H,15H2,1-3H3,(H,26,27). The average molecular weight is 403 g/mol. The van der Waals surface area contributed by atoms with Gasteiger partial charge in [0.15, 0.2) is 11.5 Å². The number of benzene rings is 3. The van der Waals surface area contributed by atoms with Gasteiger partial charge in [0, 0.05) is 11.8 Å². The van der Waals surface area contributed by atoms with Crippen LogP contribution in [-0.4, -0.2) is 27.2 Å². The molecular weight excluding hydrogens is 378 g/mol. The van der Waals surface area contributed by atoms with Gasteiger partial charge in [0.05, 0.1) is 21.3 Å². The molecule has 0 bridgehead atoms. The molecule has 1 amide bonds. The first-order valence-corrected chi connectivity index (χ1v) is 9.55. The van der Waals surface area contributed by atoms with Crippen LogP contribution in [0.25, 0.3) is 6.08 Å². The lowest BCUT2D eigenvalue weighted by molar-refractivity contribution is -0.111. The molecule has 0 aromatic heterocycles. The lowest BCUT2D eigenvalue weighted by atomic mass is 10.0. The molecule has 30 heavy (non-hydrogen) atoms. The number of rotatable bonds is 8. The van der Waals surface area contributed by atoms with E-state index in [0.29, 0.717) is 17.2 Å². The zero-order valence-electron chi connectivity index (χ0n) is 17.3. The fourth-order valence-electron chi connectivity index (χ4n) is 3.16. The monoisotopic (exact) mass is 403 g/mol. The second-order valence-corrected chi connectivity index (χ2v) is 6.60. The van der Waals surface area contributed by atoms with Crippen molar-refractivity contribution in [3.05, 3.63) is 89.5 Å². The van der Waals surface area contributed by atoms with Crippen LogP contribution in [0.4, 0.5) is 5.69 Å². The topological polar surface area (TPSA) is 56.8 Å². The maximum Gasteiger partial charge on any atom is 0.248 e. The predicted octanol–water partition coefficient (Wildman–Crippen LogP) is 4.96. The summed E-state index contributed by atoms with van der Waals surface area (Å²) in [5.41, 5.74) is 3.79. The zero-order chi connectivity index (χ0) is 21.3. The number of methoxy groups -OCH3 is 3. The van der Waals surface area contributed by atoms with Crippen molar-refractivity contribution in [3.8, 4) is 17.2 Å². The Hall–Kier alpha value is -3.73. The number of ether oxygens (including phenoxy) is 3. The Labute approximate surface area is 176 Å². The maximum absolute atomic E-state index is 12.5. The lowest BCUT2D eigenvalue weighted by Crippen LogP contribution is -2.10. The molecule has 5 nitrogen and oxygen atoms in total. The molecule has 0 saturated heterocycles. The van der Waals surface area contributed by atoms with E-state index < -0.39 is 0 Å². The molecule has 0 unspecified atom stereocenters. The van der Waals surface area contributed by atoms with Gasteiger partial charge in [-0.1, -0.05) is 48.5 Å². The van der Waals surface area contributed by atoms with Crippen LogP contribution in [0.3, 0.4) is 0 Å². The first kappa shape index (κ1) is 21.0. The fourth-order valence-corrected chi connectivity index (χ4v) is 3.16. The van der Waals surface area contributed by atoms with E-state index in [-0.39, 0.29) is 5.91 Å². The van der Waals surface area contributed by atoms with Gasteiger partial charge in [-0.15, -0.1) is 0 Å². The zero-order valence-corrected chi connectivity index (χ0v) is 17.3. The van der Waals surface area contributed by atoms with Crippen molar-refractivity contribution in [2.24, 2.45) is 0 Å². The first-order chi connectivity index (χ1) is 14.6. The van der Waals surface area contributed by atoms with Crippen molar-refractivity contribution in [1.82, 2.24) is 0 Å². The Morgan fingerprint density at radius 1 is 0.867 bits per heavy atom. The van der Waals surface area contributed by atoms with Crippen molar-refractivity contribution in [2.45, 2.75) is 6.42 Å². The minimum absolute atomic E-state index is 0.218. The summed E-state index contributed by atoms with van der Waals surface area (Å²) in [5, 5.41) is 2.97. The number of anilines is 1. The third kappa shape index (κ3) is 5.20. The van der Waals surface area contributed by atoms with Crippen molar-refractivity contribution >= 4 is 17.7 Å². The molecule has 0 aliphatic heterocycles. The van der Waals surface area contributed by atoms with E-state index in [2.05, 4.69) is 17.4 Å². The highest BCUT2D eigenvalue weighted by atomic mass is 16.5. The average Bonchev–Trinajstić information content (AvgIpc) is 2.78. The molecule has 0 spiro atoms. The van der Waals surface area contributed by atoms with E-state index in [1.54, 1.807) is 39.5 Å². The molecular formula is C25H25NO4. The summed E-state index contributed by atoms with van der Waals surface area (Å²) >= 11 is 0. The van der Waals surface area contributed by atoms with Crippen LogP contribution >= 0.6 is 0 Å². The number of hydrogen-bond donors (Lipinski definition) is 1. The van der Waals surface area contributed by atoms with Gasteiger partial charge in [0.1, 0.15) is 0 Å². The van der Waals surface area contributed by atoms with Crippen LogP contribution in [0.15, 0.2) is 72.8 Å². The smallest absolute Gasteiger partial charge is 0.248 e. The Kier molecular flexibility index (Phi) is 7.11. The summed E-state index contributed by atoms with van der Waals surface area (Å²) in [5.74, 6) is 1.36. The van der Waals surface area contributed by atoms with Crippen molar-refractivity contribution in [1.29, 1.82) is 0 Å². The summed E-state index contributed by atoms with van der Waals surface area (Å²) in [7, 11) is 4.67. The highest BCUT2D eigenvalue weighted by molar-refractivity contribution is 6.02. The van der Waals surface area contributed by atoms with Crippen molar-refractivity contribution in [2.75, 3.05) is 26.6 Å². The van der Waals surface area contributed by atoms with E-state index in [0.717, 1.165) is 23.2 Å². The van der Waals surface area contributed by atoms with Crippen molar-refractivity contribution in [3.63, 3.8) is 0 Å². The SMILES string of the molecule is COc1cc(C=CC(=O)Nc2ccccc2Cc2ccccc2)cc(OC)c1OC. The second-order valence-electron chi connectivity index (χ2n) is 6.60. The van der Waals surface area contributed by atoms with E-state index >= 15 is 0 Å². The van der Waals surface area contributed by atoms with Gasteiger partial charge in [0.25, 0.3) is 0 Å². The van der Waals surface area contributed by atoms with Gasteiger partial charge < -0.3 is 19.5 Å². The Bertz CT molecular complexity index is 1000. The van der Waals surface area contributed by atoms with Crippen LogP contribution in [0.1, 0.15) is 16.7 Å². The minimum atomic E-state index is -0.218. The number of nitrogens with one attached hydrogen (secondary N) is 1. The fraction of sp³-hybridized carbons (Fsp3) is 0.160.